The molecule has 0 bridgehead atoms. The van der Waals surface area contributed by atoms with Gasteiger partial charge in [0.05, 0.1) is 11.6 Å². The molecule has 20 heavy (non-hydrogen) atoms. The minimum Gasteiger partial charge on any atom is -0.303 e. The van der Waals surface area contributed by atoms with Gasteiger partial charge in [-0.1, -0.05) is 13.8 Å². The van der Waals surface area contributed by atoms with Gasteiger partial charge in [-0.3, -0.25) is 4.79 Å². The van der Waals surface area contributed by atoms with Crippen molar-refractivity contribution < 1.29 is 9.59 Å². The molecule has 4 nitrogen and oxygen atoms in total. The number of nitrogens with zero attached hydrogens (tertiary/aromatic N) is 2. The van der Waals surface area contributed by atoms with Gasteiger partial charge in [0.25, 0.3) is 0 Å². The summed E-state index contributed by atoms with van der Waals surface area (Å²) in [5, 5.41) is 0. The topological polar surface area (TPSA) is 59.9 Å². The summed E-state index contributed by atoms with van der Waals surface area (Å²) in [6.45, 7) is 6.03. The van der Waals surface area contributed by atoms with Gasteiger partial charge in [-0.05, 0) is 37.7 Å². The van der Waals surface area contributed by atoms with E-state index in [1.54, 1.807) is 0 Å². The lowest BCUT2D eigenvalue weighted by atomic mass is 9.54. The van der Waals surface area contributed by atoms with E-state index in [4.69, 9.17) is 0 Å². The van der Waals surface area contributed by atoms with Crippen molar-refractivity contribution in [3.63, 3.8) is 0 Å². The number of aromatic nitrogens is 2. The molecule has 106 valence electrons. The minimum atomic E-state index is -0.479. The largest absolute Gasteiger partial charge is 0.303 e. The normalized spacial score (nSPS) is 36.1. The Labute approximate surface area is 119 Å². The van der Waals surface area contributed by atoms with Crippen LogP contribution in [0, 0.1) is 24.7 Å². The highest BCUT2D eigenvalue weighted by atomic mass is 16.1. The fourth-order valence-corrected chi connectivity index (χ4v) is 4.24. The number of rotatable bonds is 1. The van der Waals surface area contributed by atoms with Crippen LogP contribution in [0.5, 0.6) is 0 Å². The van der Waals surface area contributed by atoms with Crippen molar-refractivity contribution in [2.45, 2.75) is 45.4 Å². The fourth-order valence-electron chi connectivity index (χ4n) is 4.24. The van der Waals surface area contributed by atoms with Gasteiger partial charge in [0.15, 0.2) is 0 Å². The maximum Gasteiger partial charge on any atom is 0.146 e. The predicted molar refractivity (Wildman–Crippen MR) is 74.3 cm³/mol. The monoisotopic (exact) mass is 272 g/mol. The molecule has 0 saturated heterocycles. The lowest BCUT2D eigenvalue weighted by molar-refractivity contribution is -0.137. The molecule has 4 heteroatoms. The number of hydrogen-bond donors (Lipinski definition) is 0. The lowest BCUT2D eigenvalue weighted by Crippen LogP contribution is -2.51. The zero-order valence-electron chi connectivity index (χ0n) is 12.2. The second-order valence-corrected chi connectivity index (χ2v) is 6.49. The average molecular weight is 272 g/mol. The highest BCUT2D eigenvalue weighted by Crippen LogP contribution is 2.51. The number of aldehydes is 1. The molecule has 3 rings (SSSR count). The minimum absolute atomic E-state index is 0.0626. The number of fused-ring (bicyclic) bond motifs is 3. The molecule has 0 N–H and O–H groups in total. The van der Waals surface area contributed by atoms with Gasteiger partial charge in [-0.15, -0.1) is 0 Å². The van der Waals surface area contributed by atoms with E-state index >= 15 is 0 Å². The molecule has 0 spiro atoms. The van der Waals surface area contributed by atoms with Crippen LogP contribution in [0.4, 0.5) is 0 Å². The Bertz CT molecular complexity index is 584. The Hall–Kier alpha value is -1.58. The zero-order chi connectivity index (χ0) is 14.5. The van der Waals surface area contributed by atoms with Gasteiger partial charge in [0.1, 0.15) is 17.9 Å². The molecular weight excluding hydrogens is 252 g/mol. The SMILES string of the molecule is Cc1ncc2c(n1)[C@@]1(C)CC(C=O)C(=O)[C@@H](C)[C@@H]1CC2. The van der Waals surface area contributed by atoms with E-state index < -0.39 is 5.92 Å². The van der Waals surface area contributed by atoms with Crippen LogP contribution in [-0.4, -0.2) is 22.0 Å². The van der Waals surface area contributed by atoms with Crippen molar-refractivity contribution in [2.24, 2.45) is 17.8 Å². The summed E-state index contributed by atoms with van der Waals surface area (Å²) in [5.41, 5.74) is 2.06. The van der Waals surface area contributed by atoms with Crippen LogP contribution in [0.3, 0.4) is 0 Å². The number of ketones is 1. The second kappa shape index (κ2) is 4.47. The highest BCUT2D eigenvalue weighted by Gasteiger charge is 2.52. The molecule has 1 fully saturated rings. The van der Waals surface area contributed by atoms with Crippen LogP contribution in [-0.2, 0) is 21.4 Å². The molecule has 2 aliphatic carbocycles. The zero-order valence-corrected chi connectivity index (χ0v) is 12.2. The third-order valence-corrected chi connectivity index (χ3v) is 5.30. The van der Waals surface area contributed by atoms with Crippen LogP contribution in [0.1, 0.15) is 43.8 Å². The highest BCUT2D eigenvalue weighted by molar-refractivity contribution is 5.96. The van der Waals surface area contributed by atoms with Gasteiger partial charge in [0, 0.05) is 17.5 Å². The first-order valence-electron chi connectivity index (χ1n) is 7.29. The van der Waals surface area contributed by atoms with Crippen molar-refractivity contribution >= 4 is 12.1 Å². The molecule has 1 heterocycles. The van der Waals surface area contributed by atoms with Crippen LogP contribution < -0.4 is 0 Å². The summed E-state index contributed by atoms with van der Waals surface area (Å²) < 4.78 is 0. The molecule has 1 saturated carbocycles. The molecule has 1 aromatic heterocycles. The summed E-state index contributed by atoms with van der Waals surface area (Å²) >= 11 is 0. The first kappa shape index (κ1) is 13.4. The van der Waals surface area contributed by atoms with Gasteiger partial charge < -0.3 is 4.79 Å². The van der Waals surface area contributed by atoms with Gasteiger partial charge in [-0.25, -0.2) is 9.97 Å². The molecular formula is C16H20N2O2. The first-order chi connectivity index (χ1) is 9.47. The average Bonchev–Trinajstić information content (AvgIpc) is 2.43. The second-order valence-electron chi connectivity index (χ2n) is 6.49. The Morgan fingerprint density at radius 3 is 2.90 bits per heavy atom. The van der Waals surface area contributed by atoms with E-state index in [-0.39, 0.29) is 23.0 Å². The third-order valence-electron chi connectivity index (χ3n) is 5.30. The van der Waals surface area contributed by atoms with E-state index in [1.165, 1.54) is 5.56 Å². The molecule has 0 aromatic carbocycles. The molecule has 1 unspecified atom stereocenters. The maximum absolute atomic E-state index is 12.3. The Kier molecular flexibility index (Phi) is 3.00. The number of hydrogen-bond acceptors (Lipinski definition) is 4. The summed E-state index contributed by atoms with van der Waals surface area (Å²) in [5.74, 6) is 0.613. The van der Waals surface area contributed by atoms with Gasteiger partial charge in [0.2, 0.25) is 0 Å². The van der Waals surface area contributed by atoms with Crippen molar-refractivity contribution in [3.8, 4) is 0 Å². The number of carbonyl (C=O) groups excluding carboxylic acids is 2. The molecule has 4 atom stereocenters. The van der Waals surface area contributed by atoms with Crippen LogP contribution in [0.25, 0.3) is 0 Å². The van der Waals surface area contributed by atoms with Crippen molar-refractivity contribution in [3.05, 3.63) is 23.3 Å². The van der Waals surface area contributed by atoms with Crippen molar-refractivity contribution in [1.29, 1.82) is 0 Å². The first-order valence-corrected chi connectivity index (χ1v) is 7.29. The van der Waals surface area contributed by atoms with E-state index in [9.17, 15) is 9.59 Å². The number of Topliss-reactive ketones (excluding diaryl/α,β-unsaturated/α-hetero) is 1. The van der Waals surface area contributed by atoms with E-state index in [0.29, 0.717) is 6.42 Å². The third kappa shape index (κ3) is 1.74. The van der Waals surface area contributed by atoms with Gasteiger partial charge in [-0.2, -0.15) is 0 Å². The number of aryl methyl sites for hydroxylation is 2. The molecule has 2 aliphatic rings. The smallest absolute Gasteiger partial charge is 0.146 e. The van der Waals surface area contributed by atoms with Crippen molar-refractivity contribution in [1.82, 2.24) is 9.97 Å². The predicted octanol–water partition coefficient (Wildman–Crippen LogP) is 2.03. The quantitative estimate of drug-likeness (QED) is 0.580. The van der Waals surface area contributed by atoms with Crippen LogP contribution >= 0.6 is 0 Å². The molecule has 0 radical (unpaired) electrons. The lowest BCUT2D eigenvalue weighted by Gasteiger charge is -2.49. The summed E-state index contributed by atoms with van der Waals surface area (Å²) in [4.78, 5) is 32.5. The molecule has 0 aliphatic heterocycles. The molecule has 0 amide bonds. The standard InChI is InChI=1S/C16H20N2O2/c1-9-13-5-4-11-7-17-10(2)18-15(11)16(13,3)6-12(8-19)14(9)20/h7-9,12-13H,4-6H2,1-3H3/t9-,12?,13-,16-/m0/s1. The van der Waals surface area contributed by atoms with E-state index in [0.717, 1.165) is 30.6 Å². The molecule has 1 aromatic rings. The van der Waals surface area contributed by atoms with Gasteiger partial charge >= 0.3 is 0 Å². The van der Waals surface area contributed by atoms with Crippen LogP contribution in [0.2, 0.25) is 0 Å². The summed E-state index contributed by atoms with van der Waals surface area (Å²) in [7, 11) is 0. The number of carbonyl (C=O) groups is 2. The Morgan fingerprint density at radius 2 is 2.20 bits per heavy atom. The van der Waals surface area contributed by atoms with E-state index in [1.807, 2.05) is 20.0 Å². The van der Waals surface area contributed by atoms with E-state index in [2.05, 4.69) is 16.9 Å². The van der Waals surface area contributed by atoms with Crippen molar-refractivity contribution in [2.75, 3.05) is 0 Å². The summed E-state index contributed by atoms with van der Waals surface area (Å²) in [6, 6.07) is 0. The fraction of sp³-hybridized carbons (Fsp3) is 0.625. The Morgan fingerprint density at radius 1 is 1.45 bits per heavy atom. The summed E-state index contributed by atoms with van der Waals surface area (Å²) in [6.07, 6.45) is 5.24. The maximum atomic E-state index is 12.3. The Balaban J connectivity index is 2.13. The van der Waals surface area contributed by atoms with Crippen LogP contribution in [0.15, 0.2) is 6.20 Å².